The Kier molecular flexibility index (Phi) is 68.4. The van der Waals surface area contributed by atoms with E-state index in [2.05, 4.69) is 41.5 Å². The van der Waals surface area contributed by atoms with Gasteiger partial charge in [-0.2, -0.15) is 0 Å². The maximum Gasteiger partial charge on any atom is 0.472 e. The zero-order chi connectivity index (χ0) is 71.4. The summed E-state index contributed by atoms with van der Waals surface area (Å²) in [6, 6.07) is 0. The Morgan fingerprint density at radius 1 is 0.299 bits per heavy atom. The summed E-state index contributed by atoms with van der Waals surface area (Å²) in [5, 5.41) is 10.6. The Balaban J connectivity index is 5.23. The summed E-state index contributed by atoms with van der Waals surface area (Å²) in [4.78, 5) is 72.9. The predicted molar refractivity (Wildman–Crippen MR) is 395 cm³/mol. The van der Waals surface area contributed by atoms with Gasteiger partial charge in [0.2, 0.25) is 0 Å². The standard InChI is InChI=1S/C78H152O17P2/c1-7-10-12-14-16-18-20-22-23-24-25-26-27-28-29-31-37-45-51-57-63-78(83)94-73(66-88-75(80)60-54-48-42-35-33-32-34-41-47-53-59-71(6)9-3)68-92-96(84,85)90-64-72(79)65-91-97(86,87)93-69-74(67-89-76(81)61-55-49-43-39-38-40-46-52-58-70(4)5)95-77(82)62-56-50-44-36-30-21-19-17-15-13-11-8-2/h70-74,79H,7-69H2,1-6H3,(H,84,85)(H,86,87)/t71?,72-,73-,74-/m1/s1. The van der Waals surface area contributed by atoms with Crippen molar-refractivity contribution in [3.8, 4) is 0 Å². The van der Waals surface area contributed by atoms with Crippen LogP contribution in [-0.4, -0.2) is 96.7 Å². The average molecular weight is 1420 g/mol. The van der Waals surface area contributed by atoms with Crippen LogP contribution in [0.25, 0.3) is 0 Å². The van der Waals surface area contributed by atoms with Gasteiger partial charge in [-0.1, -0.05) is 356 Å². The lowest BCUT2D eigenvalue weighted by Gasteiger charge is -2.21. The van der Waals surface area contributed by atoms with E-state index in [0.717, 1.165) is 102 Å². The van der Waals surface area contributed by atoms with Crippen molar-refractivity contribution in [1.82, 2.24) is 0 Å². The van der Waals surface area contributed by atoms with Crippen molar-refractivity contribution in [3.05, 3.63) is 0 Å². The molecule has 0 bridgehead atoms. The second-order valence-corrected chi connectivity index (χ2v) is 31.7. The topological polar surface area (TPSA) is 237 Å². The van der Waals surface area contributed by atoms with E-state index < -0.39 is 97.5 Å². The lowest BCUT2D eigenvalue weighted by atomic mass is 9.99. The number of carbonyl (C=O) groups excluding carboxylic acids is 4. The molecule has 0 fully saturated rings. The van der Waals surface area contributed by atoms with Crippen LogP contribution in [0.2, 0.25) is 0 Å². The van der Waals surface area contributed by atoms with Gasteiger partial charge in [-0.3, -0.25) is 37.3 Å². The van der Waals surface area contributed by atoms with Crippen molar-refractivity contribution in [3.63, 3.8) is 0 Å². The Hall–Kier alpha value is -1.94. The molecular weight excluding hydrogens is 1270 g/mol. The van der Waals surface area contributed by atoms with Crippen LogP contribution in [0, 0.1) is 11.8 Å². The minimum Gasteiger partial charge on any atom is -0.462 e. The Labute approximate surface area is 594 Å². The van der Waals surface area contributed by atoms with Gasteiger partial charge in [-0.25, -0.2) is 9.13 Å². The molecule has 0 aromatic heterocycles. The monoisotopic (exact) mass is 1420 g/mol. The summed E-state index contributed by atoms with van der Waals surface area (Å²) in [6.45, 7) is 9.60. The highest BCUT2D eigenvalue weighted by molar-refractivity contribution is 7.47. The van der Waals surface area contributed by atoms with E-state index in [9.17, 15) is 43.2 Å². The lowest BCUT2D eigenvalue weighted by Crippen LogP contribution is -2.30. The summed E-state index contributed by atoms with van der Waals surface area (Å²) < 4.78 is 68.6. The molecule has 0 aliphatic rings. The SMILES string of the molecule is CCCCCCCCCCCCCCCCCCCCCCC(=O)O[C@H](COC(=O)CCCCCCCCCCCCC(C)CC)COP(=O)(O)OC[C@@H](O)COP(=O)(O)OC[C@@H](COC(=O)CCCCCCCCCCC(C)C)OC(=O)CCCCCCCCCCCCCC. The molecule has 0 heterocycles. The molecule has 0 aromatic rings. The van der Waals surface area contributed by atoms with Gasteiger partial charge in [0.25, 0.3) is 0 Å². The Morgan fingerprint density at radius 3 is 0.784 bits per heavy atom. The van der Waals surface area contributed by atoms with Crippen LogP contribution in [0.4, 0.5) is 0 Å². The van der Waals surface area contributed by atoms with E-state index in [1.807, 2.05) is 0 Å². The molecule has 0 aliphatic carbocycles. The van der Waals surface area contributed by atoms with E-state index in [1.54, 1.807) is 0 Å². The van der Waals surface area contributed by atoms with Crippen molar-refractivity contribution in [2.75, 3.05) is 39.6 Å². The second kappa shape index (κ2) is 69.8. The van der Waals surface area contributed by atoms with E-state index in [1.165, 1.54) is 225 Å². The minimum absolute atomic E-state index is 0.107. The third kappa shape index (κ3) is 70.9. The van der Waals surface area contributed by atoms with Crippen LogP contribution in [0.5, 0.6) is 0 Å². The number of hydrogen-bond acceptors (Lipinski definition) is 15. The van der Waals surface area contributed by atoms with Crippen molar-refractivity contribution >= 4 is 39.5 Å². The smallest absolute Gasteiger partial charge is 0.462 e. The van der Waals surface area contributed by atoms with Crippen molar-refractivity contribution in [2.24, 2.45) is 11.8 Å². The molecule has 0 saturated carbocycles. The van der Waals surface area contributed by atoms with Crippen LogP contribution in [0.3, 0.4) is 0 Å². The number of rotatable bonds is 77. The first-order valence-corrected chi connectivity index (χ1v) is 43.5. The van der Waals surface area contributed by atoms with Gasteiger partial charge in [0.05, 0.1) is 26.4 Å². The number of esters is 4. The molecule has 3 unspecified atom stereocenters. The van der Waals surface area contributed by atoms with Gasteiger partial charge < -0.3 is 33.8 Å². The van der Waals surface area contributed by atoms with Crippen LogP contribution < -0.4 is 0 Å². The summed E-state index contributed by atoms with van der Waals surface area (Å²) in [5.41, 5.74) is 0. The fourth-order valence-electron chi connectivity index (χ4n) is 12.0. The molecule has 97 heavy (non-hydrogen) atoms. The highest BCUT2D eigenvalue weighted by atomic mass is 31.2. The summed E-state index contributed by atoms with van der Waals surface area (Å²) in [5.74, 6) is -0.577. The lowest BCUT2D eigenvalue weighted by molar-refractivity contribution is -0.161. The third-order valence-electron chi connectivity index (χ3n) is 18.6. The molecule has 0 radical (unpaired) electrons. The molecule has 0 aromatic carbocycles. The quantitative estimate of drug-likeness (QED) is 0.0222. The molecule has 0 rings (SSSR count). The molecule has 576 valence electrons. The number of unbranched alkanes of at least 4 members (excludes halogenated alkanes) is 46. The van der Waals surface area contributed by atoms with E-state index in [-0.39, 0.29) is 25.7 Å². The molecule has 17 nitrogen and oxygen atoms in total. The minimum atomic E-state index is -4.96. The fraction of sp³-hybridized carbons (Fsp3) is 0.949. The van der Waals surface area contributed by atoms with Gasteiger partial charge >= 0.3 is 39.5 Å². The molecular formula is C78H152O17P2. The van der Waals surface area contributed by atoms with E-state index in [0.29, 0.717) is 25.7 Å². The first-order chi connectivity index (χ1) is 46.9. The molecule has 19 heteroatoms. The zero-order valence-corrected chi connectivity index (χ0v) is 65.2. The number of carbonyl (C=O) groups is 4. The van der Waals surface area contributed by atoms with Crippen LogP contribution in [-0.2, 0) is 65.4 Å². The molecule has 0 saturated heterocycles. The zero-order valence-electron chi connectivity index (χ0n) is 63.4. The molecule has 0 amide bonds. The predicted octanol–water partition coefficient (Wildman–Crippen LogP) is 23.1. The van der Waals surface area contributed by atoms with Crippen molar-refractivity contribution in [2.45, 2.75) is 426 Å². The first-order valence-electron chi connectivity index (χ1n) is 40.5. The summed E-state index contributed by atoms with van der Waals surface area (Å²) in [7, 11) is -9.91. The number of aliphatic hydroxyl groups excluding tert-OH is 1. The van der Waals surface area contributed by atoms with Crippen molar-refractivity contribution < 1.29 is 80.2 Å². The number of aliphatic hydroxyl groups is 1. The summed E-state index contributed by atoms with van der Waals surface area (Å²) >= 11 is 0. The Morgan fingerprint density at radius 2 is 0.526 bits per heavy atom. The van der Waals surface area contributed by atoms with Gasteiger partial charge in [0.15, 0.2) is 12.2 Å². The van der Waals surface area contributed by atoms with Crippen LogP contribution >= 0.6 is 15.6 Å². The molecule has 0 aliphatic heterocycles. The first kappa shape index (κ1) is 95.1. The van der Waals surface area contributed by atoms with Gasteiger partial charge in [-0.05, 0) is 37.5 Å². The van der Waals surface area contributed by atoms with Crippen LogP contribution in [0.1, 0.15) is 408 Å². The fourth-order valence-corrected chi connectivity index (χ4v) is 13.6. The highest BCUT2D eigenvalue weighted by Gasteiger charge is 2.30. The molecule has 6 atom stereocenters. The highest BCUT2D eigenvalue weighted by Crippen LogP contribution is 2.45. The van der Waals surface area contributed by atoms with Crippen LogP contribution in [0.15, 0.2) is 0 Å². The van der Waals surface area contributed by atoms with Gasteiger partial charge in [0.1, 0.15) is 19.3 Å². The second-order valence-electron chi connectivity index (χ2n) is 28.8. The van der Waals surface area contributed by atoms with E-state index in [4.69, 9.17) is 37.0 Å². The third-order valence-corrected chi connectivity index (χ3v) is 20.5. The number of ether oxygens (including phenoxy) is 4. The number of phosphoric ester groups is 2. The maximum absolute atomic E-state index is 13.1. The average Bonchev–Trinajstić information content (AvgIpc) is 1.43. The number of hydrogen-bond donors (Lipinski definition) is 3. The molecule has 0 spiro atoms. The maximum atomic E-state index is 13.1. The van der Waals surface area contributed by atoms with Gasteiger partial charge in [-0.15, -0.1) is 0 Å². The largest absolute Gasteiger partial charge is 0.472 e. The molecule has 3 N–H and O–H groups in total. The number of phosphoric acid groups is 2. The Bertz CT molecular complexity index is 1870. The van der Waals surface area contributed by atoms with Gasteiger partial charge in [0, 0.05) is 25.7 Å². The summed E-state index contributed by atoms with van der Waals surface area (Å²) in [6.07, 6.45) is 58.2. The van der Waals surface area contributed by atoms with E-state index >= 15 is 0 Å². The normalized spacial score (nSPS) is 14.2. The van der Waals surface area contributed by atoms with Crippen molar-refractivity contribution in [1.29, 1.82) is 0 Å².